The van der Waals surface area contributed by atoms with Crippen LogP contribution in [0.15, 0.2) is 30.3 Å². The zero-order valence-corrected chi connectivity index (χ0v) is 7.36. The van der Waals surface area contributed by atoms with E-state index < -0.39 is 17.2 Å². The van der Waals surface area contributed by atoms with E-state index in [-0.39, 0.29) is 9.98 Å². The number of carbonyl (C=O) groups excluding carboxylic acids is 1. The van der Waals surface area contributed by atoms with Crippen LogP contribution in [-0.4, -0.2) is 19.1 Å². The lowest BCUT2D eigenvalue weighted by Gasteiger charge is -2.17. The quantitative estimate of drug-likeness (QED) is 0.309. The van der Waals surface area contributed by atoms with E-state index in [9.17, 15) is 13.6 Å². The van der Waals surface area contributed by atoms with Gasteiger partial charge in [0.15, 0.2) is 0 Å². The van der Waals surface area contributed by atoms with Crippen LogP contribution in [0.1, 0.15) is 10.4 Å². The first kappa shape index (κ1) is 9.85. The third-order valence-corrected chi connectivity index (χ3v) is 1.87. The molecule has 1 unspecified atom stereocenters. The molecule has 1 amide bonds. The van der Waals surface area contributed by atoms with Gasteiger partial charge in [-0.2, -0.15) is 0 Å². The third-order valence-electron chi connectivity index (χ3n) is 1.38. The average Bonchev–Trinajstić information content (AvgIpc) is 2.17. The van der Waals surface area contributed by atoms with Gasteiger partial charge in [0.2, 0.25) is 0 Å². The van der Waals surface area contributed by atoms with Crippen LogP contribution in [0.25, 0.3) is 0 Å². The van der Waals surface area contributed by atoms with Gasteiger partial charge in [-0.25, -0.2) is 10.3 Å². The molecule has 1 aromatic carbocycles. The Labute approximate surface area is 77.5 Å². The fourth-order valence-corrected chi connectivity index (χ4v) is 1.02. The van der Waals surface area contributed by atoms with Crippen LogP contribution >= 0.6 is 0 Å². The summed E-state index contributed by atoms with van der Waals surface area (Å²) >= 11 is -2.73. The highest BCUT2D eigenvalue weighted by Crippen LogP contribution is 2.01. The van der Waals surface area contributed by atoms with Crippen molar-refractivity contribution in [2.75, 3.05) is 0 Å². The Morgan fingerprint density at radius 1 is 1.38 bits per heavy atom. The molecule has 2 N–H and O–H groups in total. The highest BCUT2D eigenvalue weighted by molar-refractivity contribution is 7.77. The summed E-state index contributed by atoms with van der Waals surface area (Å²) in [5.74, 6) is 4.21. The van der Waals surface area contributed by atoms with Gasteiger partial charge in [-0.05, 0) is 12.1 Å². The number of benzene rings is 1. The van der Waals surface area contributed by atoms with E-state index in [0.717, 1.165) is 0 Å². The van der Waals surface area contributed by atoms with Crippen LogP contribution in [0.4, 0.5) is 0 Å². The molecule has 6 heteroatoms. The minimum Gasteiger partial charge on any atom is -0.754 e. The Balaban J connectivity index is 2.86. The summed E-state index contributed by atoms with van der Waals surface area (Å²) in [6, 6.07) is 7.92. The standard InChI is InChI=1S/C7H8N2O3S/c8-9(13(11)12)7(10)6-4-2-1-3-5-6/h1-5H,8H2,(H,11,12)/p-1. The maximum Gasteiger partial charge on any atom is 0.279 e. The molecule has 0 aromatic heterocycles. The summed E-state index contributed by atoms with van der Waals surface area (Å²) in [5.41, 5.74) is 0.231. The minimum absolute atomic E-state index is 0.148. The predicted molar refractivity (Wildman–Crippen MR) is 45.7 cm³/mol. The van der Waals surface area contributed by atoms with Crippen molar-refractivity contribution in [3.63, 3.8) is 0 Å². The lowest BCUT2D eigenvalue weighted by atomic mass is 10.2. The fraction of sp³-hybridized carbons (Fsp3) is 0. The molecule has 0 bridgehead atoms. The lowest BCUT2D eigenvalue weighted by molar-refractivity contribution is 0.0859. The maximum absolute atomic E-state index is 11.2. The zero-order chi connectivity index (χ0) is 9.84. The largest absolute Gasteiger partial charge is 0.754 e. The third kappa shape index (κ3) is 2.35. The van der Waals surface area contributed by atoms with Crippen molar-refractivity contribution in [2.45, 2.75) is 0 Å². The molecule has 0 aliphatic heterocycles. The molecule has 5 nitrogen and oxygen atoms in total. The minimum atomic E-state index is -2.73. The smallest absolute Gasteiger partial charge is 0.279 e. The number of carbonyl (C=O) groups is 1. The summed E-state index contributed by atoms with van der Waals surface area (Å²) in [4.78, 5) is 11.2. The molecule has 1 atom stereocenters. The first-order chi connectivity index (χ1) is 6.13. The molecule has 1 aromatic rings. The Bertz CT molecular complexity index is 328. The molecular formula is C7H7N2O3S-. The number of hydrazine groups is 1. The molecule has 0 fully saturated rings. The Morgan fingerprint density at radius 2 is 1.92 bits per heavy atom. The van der Waals surface area contributed by atoms with Crippen molar-refractivity contribution >= 4 is 17.2 Å². The normalized spacial score (nSPS) is 12.2. The maximum atomic E-state index is 11.2. The van der Waals surface area contributed by atoms with Crippen LogP contribution in [0, 0.1) is 0 Å². The topological polar surface area (TPSA) is 86.5 Å². The van der Waals surface area contributed by atoms with Crippen molar-refractivity contribution in [2.24, 2.45) is 5.84 Å². The number of nitrogens with zero attached hydrogens (tertiary/aromatic N) is 1. The SMILES string of the molecule is NN(C(=O)c1ccccc1)S(=O)[O-]. The molecule has 0 heterocycles. The van der Waals surface area contributed by atoms with Gasteiger partial charge in [0, 0.05) is 5.56 Å². The van der Waals surface area contributed by atoms with E-state index >= 15 is 0 Å². The molecule has 1 rings (SSSR count). The molecule has 0 saturated carbocycles. The van der Waals surface area contributed by atoms with Crippen molar-refractivity contribution < 1.29 is 13.6 Å². The van der Waals surface area contributed by atoms with Crippen LogP contribution in [-0.2, 0) is 11.3 Å². The summed E-state index contributed by atoms with van der Waals surface area (Å²) < 4.78 is 20.7. The first-order valence-corrected chi connectivity index (χ1v) is 4.39. The summed E-state index contributed by atoms with van der Waals surface area (Å²) in [6.07, 6.45) is 0. The van der Waals surface area contributed by atoms with Gasteiger partial charge in [0.05, 0.1) is 11.3 Å². The zero-order valence-electron chi connectivity index (χ0n) is 6.54. The van der Waals surface area contributed by atoms with Crippen LogP contribution in [0.3, 0.4) is 0 Å². The van der Waals surface area contributed by atoms with E-state index in [1.54, 1.807) is 18.2 Å². The second kappa shape index (κ2) is 4.13. The van der Waals surface area contributed by atoms with Gasteiger partial charge in [0.1, 0.15) is 0 Å². The van der Waals surface area contributed by atoms with E-state index in [1.165, 1.54) is 12.1 Å². The lowest BCUT2D eigenvalue weighted by Crippen LogP contribution is -2.38. The van der Waals surface area contributed by atoms with Crippen molar-refractivity contribution in [1.29, 1.82) is 0 Å². The Kier molecular flexibility index (Phi) is 3.13. The molecule has 70 valence electrons. The number of amides is 1. The number of nitrogens with two attached hydrogens (primary N) is 1. The van der Waals surface area contributed by atoms with Crippen LogP contribution < -0.4 is 5.84 Å². The Morgan fingerprint density at radius 3 is 2.38 bits per heavy atom. The van der Waals surface area contributed by atoms with Gasteiger partial charge >= 0.3 is 0 Å². The summed E-state index contributed by atoms with van der Waals surface area (Å²) in [6.45, 7) is 0. The van der Waals surface area contributed by atoms with Gasteiger partial charge in [0.25, 0.3) is 5.91 Å². The molecule has 0 saturated heterocycles. The highest BCUT2D eigenvalue weighted by atomic mass is 32.2. The molecule has 13 heavy (non-hydrogen) atoms. The van der Waals surface area contributed by atoms with E-state index in [1.807, 2.05) is 0 Å². The van der Waals surface area contributed by atoms with Crippen molar-refractivity contribution in [1.82, 2.24) is 4.41 Å². The fourth-order valence-electron chi connectivity index (χ4n) is 0.776. The van der Waals surface area contributed by atoms with Crippen molar-refractivity contribution in [3.8, 4) is 0 Å². The van der Waals surface area contributed by atoms with Crippen molar-refractivity contribution in [3.05, 3.63) is 35.9 Å². The monoisotopic (exact) mass is 199 g/mol. The van der Waals surface area contributed by atoms with Gasteiger partial charge in [-0.3, -0.25) is 9.00 Å². The van der Waals surface area contributed by atoms with Crippen LogP contribution in [0.2, 0.25) is 0 Å². The van der Waals surface area contributed by atoms with Gasteiger partial charge < -0.3 is 4.55 Å². The second-order valence-electron chi connectivity index (χ2n) is 2.21. The average molecular weight is 199 g/mol. The molecule has 0 radical (unpaired) electrons. The van der Waals surface area contributed by atoms with E-state index in [2.05, 4.69) is 0 Å². The summed E-state index contributed by atoms with van der Waals surface area (Å²) in [5, 5.41) is 0. The van der Waals surface area contributed by atoms with Crippen LogP contribution in [0.5, 0.6) is 0 Å². The predicted octanol–water partition coefficient (Wildman–Crippen LogP) is -0.203. The molecule has 0 aliphatic rings. The van der Waals surface area contributed by atoms with E-state index in [0.29, 0.717) is 0 Å². The van der Waals surface area contributed by atoms with Gasteiger partial charge in [-0.1, -0.05) is 18.2 Å². The molecule has 0 aliphatic carbocycles. The Hall–Kier alpha value is -1.24. The first-order valence-electron chi connectivity index (χ1n) is 3.36. The van der Waals surface area contributed by atoms with E-state index in [4.69, 9.17) is 5.84 Å². The molecule has 0 spiro atoms. The van der Waals surface area contributed by atoms with Gasteiger partial charge in [-0.15, -0.1) is 0 Å². The number of rotatable bonds is 2. The number of hydrogen-bond acceptors (Lipinski definition) is 4. The second-order valence-corrected chi connectivity index (χ2v) is 3.04. The summed E-state index contributed by atoms with van der Waals surface area (Å²) in [7, 11) is 0. The molecular weight excluding hydrogens is 192 g/mol. The number of hydrogen-bond donors (Lipinski definition) is 1. The highest BCUT2D eigenvalue weighted by Gasteiger charge is 2.11.